The first kappa shape index (κ1) is 14.4. The molecule has 0 bridgehead atoms. The van der Waals surface area contributed by atoms with Gasteiger partial charge in [-0.2, -0.15) is 0 Å². The molecule has 0 aromatic carbocycles. The molecular weight excluding hydrogens is 312 g/mol. The summed E-state index contributed by atoms with van der Waals surface area (Å²) in [4.78, 5) is 22.0. The number of carbonyl (C=O) groups excluding carboxylic acids is 1. The van der Waals surface area contributed by atoms with Gasteiger partial charge < -0.3 is 4.90 Å². The molecular formula is C17H20N2OS2. The van der Waals surface area contributed by atoms with E-state index in [1.54, 1.807) is 22.7 Å². The van der Waals surface area contributed by atoms with Gasteiger partial charge in [0.1, 0.15) is 9.88 Å². The molecule has 1 amide bonds. The van der Waals surface area contributed by atoms with E-state index < -0.39 is 0 Å². The summed E-state index contributed by atoms with van der Waals surface area (Å²) < 4.78 is 0. The third kappa shape index (κ3) is 2.61. The molecule has 4 rings (SSSR count). The topological polar surface area (TPSA) is 33.2 Å². The summed E-state index contributed by atoms with van der Waals surface area (Å²) in [5.41, 5.74) is 0.891. The van der Waals surface area contributed by atoms with Crippen molar-refractivity contribution in [3.63, 3.8) is 0 Å². The molecule has 2 aliphatic rings. The Morgan fingerprint density at radius 3 is 2.59 bits per heavy atom. The summed E-state index contributed by atoms with van der Waals surface area (Å²) in [5.74, 6) is 0.229. The Morgan fingerprint density at radius 2 is 1.95 bits per heavy atom. The number of rotatable bonds is 4. The molecule has 0 saturated heterocycles. The van der Waals surface area contributed by atoms with Gasteiger partial charge >= 0.3 is 0 Å². The maximum absolute atomic E-state index is 13.1. The van der Waals surface area contributed by atoms with Gasteiger partial charge in [0.15, 0.2) is 0 Å². The van der Waals surface area contributed by atoms with E-state index in [0.29, 0.717) is 12.1 Å². The van der Waals surface area contributed by atoms with Gasteiger partial charge in [0.25, 0.3) is 5.91 Å². The Labute approximate surface area is 139 Å². The van der Waals surface area contributed by atoms with Crippen molar-refractivity contribution in [2.24, 2.45) is 0 Å². The van der Waals surface area contributed by atoms with Gasteiger partial charge in [0.05, 0.1) is 10.6 Å². The maximum Gasteiger partial charge on any atom is 0.266 e. The molecule has 0 spiro atoms. The second-order valence-corrected chi connectivity index (χ2v) is 8.24. The summed E-state index contributed by atoms with van der Waals surface area (Å²) in [6, 6.07) is 5.06. The smallest absolute Gasteiger partial charge is 0.266 e. The third-order valence-electron chi connectivity index (χ3n) is 4.62. The lowest BCUT2D eigenvalue weighted by atomic mass is 10.2. The van der Waals surface area contributed by atoms with Gasteiger partial charge in [-0.1, -0.05) is 18.9 Å². The zero-order valence-electron chi connectivity index (χ0n) is 12.7. The molecule has 2 heterocycles. The minimum absolute atomic E-state index is 0.229. The highest BCUT2D eigenvalue weighted by molar-refractivity contribution is 7.22. The number of nitrogens with zero attached hydrogens (tertiary/aromatic N) is 2. The van der Waals surface area contributed by atoms with Crippen molar-refractivity contribution in [2.75, 3.05) is 0 Å². The van der Waals surface area contributed by atoms with Crippen LogP contribution in [0.3, 0.4) is 0 Å². The lowest BCUT2D eigenvalue weighted by Crippen LogP contribution is -2.40. The predicted octanol–water partition coefficient (Wildman–Crippen LogP) is 4.73. The summed E-state index contributed by atoms with van der Waals surface area (Å²) >= 11 is 3.25. The van der Waals surface area contributed by atoms with E-state index in [-0.39, 0.29) is 5.91 Å². The molecule has 3 nitrogen and oxygen atoms in total. The number of thiazole rings is 1. The SMILES string of the molecule is Cc1nc(-c2cccs2)sc1C(=O)N(C1CCCC1)C1CC1. The molecule has 0 atom stereocenters. The Bertz CT molecular complexity index is 667. The van der Waals surface area contributed by atoms with E-state index in [4.69, 9.17) is 0 Å². The van der Waals surface area contributed by atoms with Crippen LogP contribution < -0.4 is 0 Å². The number of hydrogen-bond donors (Lipinski definition) is 0. The number of amides is 1. The zero-order valence-corrected chi connectivity index (χ0v) is 14.4. The van der Waals surface area contributed by atoms with Crippen molar-refractivity contribution in [3.8, 4) is 9.88 Å². The second-order valence-electron chi connectivity index (χ2n) is 6.29. The number of hydrogen-bond acceptors (Lipinski definition) is 4. The summed E-state index contributed by atoms with van der Waals surface area (Å²) in [7, 11) is 0. The summed E-state index contributed by atoms with van der Waals surface area (Å²) in [6.45, 7) is 1.97. The zero-order chi connectivity index (χ0) is 15.1. The van der Waals surface area contributed by atoms with Gasteiger partial charge in [-0.15, -0.1) is 22.7 Å². The van der Waals surface area contributed by atoms with Crippen LogP contribution in [0.2, 0.25) is 0 Å². The van der Waals surface area contributed by atoms with Crippen LogP contribution in [0.4, 0.5) is 0 Å². The number of thiophene rings is 1. The average molecular weight is 332 g/mol. The van der Waals surface area contributed by atoms with E-state index in [9.17, 15) is 4.79 Å². The maximum atomic E-state index is 13.1. The van der Waals surface area contributed by atoms with E-state index in [2.05, 4.69) is 21.3 Å². The minimum Gasteiger partial charge on any atom is -0.332 e. The van der Waals surface area contributed by atoms with E-state index in [1.807, 2.05) is 13.0 Å². The Morgan fingerprint density at radius 1 is 1.23 bits per heavy atom. The van der Waals surface area contributed by atoms with Gasteiger partial charge in [-0.25, -0.2) is 4.98 Å². The summed E-state index contributed by atoms with van der Waals surface area (Å²) in [5, 5.41) is 3.04. The number of aromatic nitrogens is 1. The van der Waals surface area contributed by atoms with Crippen LogP contribution in [-0.2, 0) is 0 Å². The fraction of sp³-hybridized carbons (Fsp3) is 0.529. The van der Waals surface area contributed by atoms with Gasteiger partial charge in [-0.3, -0.25) is 4.79 Å². The molecule has 2 aromatic heterocycles. The van der Waals surface area contributed by atoms with Gasteiger partial charge in [0, 0.05) is 12.1 Å². The largest absolute Gasteiger partial charge is 0.332 e. The van der Waals surface area contributed by atoms with Crippen LogP contribution in [0.15, 0.2) is 17.5 Å². The normalized spacial score (nSPS) is 18.8. The van der Waals surface area contributed by atoms with Crippen LogP contribution in [0, 0.1) is 6.92 Å². The molecule has 0 aliphatic heterocycles. The Kier molecular flexibility index (Phi) is 3.78. The predicted molar refractivity (Wildman–Crippen MR) is 91.6 cm³/mol. The first-order valence-electron chi connectivity index (χ1n) is 8.08. The van der Waals surface area contributed by atoms with Crippen LogP contribution in [0.5, 0.6) is 0 Å². The van der Waals surface area contributed by atoms with Crippen LogP contribution in [-0.4, -0.2) is 27.9 Å². The van der Waals surface area contributed by atoms with Crippen LogP contribution in [0.25, 0.3) is 9.88 Å². The third-order valence-corrected chi connectivity index (χ3v) is 6.80. The highest BCUT2D eigenvalue weighted by Gasteiger charge is 2.39. The first-order chi connectivity index (χ1) is 10.7. The molecule has 2 saturated carbocycles. The van der Waals surface area contributed by atoms with Crippen molar-refractivity contribution in [2.45, 2.75) is 57.5 Å². The van der Waals surface area contributed by atoms with Gasteiger partial charge in [0.2, 0.25) is 0 Å². The first-order valence-corrected chi connectivity index (χ1v) is 9.77. The molecule has 2 aliphatic carbocycles. The molecule has 2 aromatic rings. The molecule has 22 heavy (non-hydrogen) atoms. The Hall–Kier alpha value is -1.20. The highest BCUT2D eigenvalue weighted by Crippen LogP contribution is 2.38. The lowest BCUT2D eigenvalue weighted by molar-refractivity contribution is 0.0668. The van der Waals surface area contributed by atoms with Crippen molar-refractivity contribution in [3.05, 3.63) is 28.1 Å². The molecule has 0 radical (unpaired) electrons. The molecule has 116 valence electrons. The average Bonchev–Trinajstić information content (AvgIpc) is 2.97. The van der Waals surface area contributed by atoms with Crippen molar-refractivity contribution < 1.29 is 4.79 Å². The van der Waals surface area contributed by atoms with Gasteiger partial charge in [-0.05, 0) is 44.1 Å². The van der Waals surface area contributed by atoms with Crippen LogP contribution in [0.1, 0.15) is 53.9 Å². The minimum atomic E-state index is 0.229. The molecule has 5 heteroatoms. The fourth-order valence-corrected chi connectivity index (χ4v) is 5.19. The van der Waals surface area contributed by atoms with Crippen molar-refractivity contribution in [1.82, 2.24) is 9.88 Å². The number of carbonyl (C=O) groups is 1. The lowest BCUT2D eigenvalue weighted by Gasteiger charge is -2.28. The van der Waals surface area contributed by atoms with E-state index >= 15 is 0 Å². The fourth-order valence-electron chi connectivity index (χ4n) is 3.38. The molecule has 2 fully saturated rings. The summed E-state index contributed by atoms with van der Waals surface area (Å²) in [6.07, 6.45) is 7.25. The number of aryl methyl sites for hydroxylation is 1. The second kappa shape index (κ2) is 5.78. The monoisotopic (exact) mass is 332 g/mol. The van der Waals surface area contributed by atoms with E-state index in [0.717, 1.165) is 20.5 Å². The Balaban J connectivity index is 1.63. The van der Waals surface area contributed by atoms with Crippen molar-refractivity contribution >= 4 is 28.6 Å². The highest BCUT2D eigenvalue weighted by atomic mass is 32.1. The van der Waals surface area contributed by atoms with E-state index in [1.165, 1.54) is 38.5 Å². The molecule has 0 unspecified atom stereocenters. The van der Waals surface area contributed by atoms with Crippen molar-refractivity contribution in [1.29, 1.82) is 0 Å². The molecule has 0 N–H and O–H groups in total. The van der Waals surface area contributed by atoms with Crippen LogP contribution >= 0.6 is 22.7 Å². The quantitative estimate of drug-likeness (QED) is 0.811. The standard InChI is InChI=1S/C17H20N2OS2/c1-11-15(22-16(18-11)14-7-4-10-21-14)17(20)19(13-8-9-13)12-5-2-3-6-12/h4,7,10,12-13H,2-3,5-6,8-9H2,1H3.